The molecule has 0 aliphatic carbocycles. The van der Waals surface area contributed by atoms with Gasteiger partial charge in [0.05, 0.1) is 51.0 Å². The van der Waals surface area contributed by atoms with Crippen LogP contribution in [0.2, 0.25) is 0 Å². The number of anilines is 2. The van der Waals surface area contributed by atoms with Crippen molar-refractivity contribution < 1.29 is 38.0 Å². The van der Waals surface area contributed by atoms with Gasteiger partial charge in [0.2, 0.25) is 22.4 Å². The van der Waals surface area contributed by atoms with Gasteiger partial charge in [0.1, 0.15) is 0 Å². The second kappa shape index (κ2) is 69.3. The van der Waals surface area contributed by atoms with Crippen LogP contribution in [0.15, 0.2) is 82.4 Å². The zero-order valence-electron chi connectivity index (χ0n) is 72.7. The first-order valence-electron chi connectivity index (χ1n) is 47.2. The van der Waals surface area contributed by atoms with Crippen LogP contribution in [0.4, 0.5) is 11.4 Å². The highest BCUT2D eigenvalue weighted by molar-refractivity contribution is 6.06. The molecule has 0 saturated heterocycles. The van der Waals surface area contributed by atoms with Crippen molar-refractivity contribution in [3.8, 4) is 45.6 Å². The zero-order chi connectivity index (χ0) is 80.0. The third-order valence-electron chi connectivity index (χ3n) is 22.1. The average molecular weight is 1550 g/mol. The molecule has 0 aliphatic rings. The Morgan fingerprint density at radius 2 is 0.393 bits per heavy atom. The molecule has 4 rings (SSSR count). The minimum Gasteiger partial charge on any atom is -0.490 e. The Bertz CT molecular complexity index is 2800. The molecule has 0 bridgehead atoms. The number of carbonyl (C=O) groups is 2. The molecule has 2 N–H and O–H groups in total. The fourth-order valence-electron chi connectivity index (χ4n) is 14.9. The molecule has 0 fully saturated rings. The summed E-state index contributed by atoms with van der Waals surface area (Å²) in [6.45, 7) is 16.5. The summed E-state index contributed by atoms with van der Waals surface area (Å²) < 4.78 is 39.9. The Kier molecular flexibility index (Phi) is 60.8. The summed E-state index contributed by atoms with van der Waals surface area (Å²) >= 11 is 0. The van der Waals surface area contributed by atoms with Crippen molar-refractivity contribution in [3.05, 3.63) is 104 Å². The standard InChI is InChI=1S/C100H164N2O10/c1-7-13-19-25-31-37-43-49-55-61-75-107-93-81-87(82-94(108-76-62-56-50-44-38-32-26-20-14-8-2)97(93)111-79-65-59-53-47-41-35-29-23-17-11-5)99(105)101-89-71-67-85(69-73-91(89)103)86-68-72-90(92(104)74-70-86)102-100(106)88-83-95(109-77-63-57-51-45-39-33-27-21-15-9-3)98(112-80-66-60-54-48-42-36-30-24-18-12-6)96(84-88)110-78-64-58-52-46-40-34-28-22-16-10-4/h67-74,81-84H,7-66,75-80H2,1-6H3,(H,101,103,105)(H,102,104,106). The van der Waals surface area contributed by atoms with E-state index in [1.165, 1.54) is 295 Å². The SMILES string of the molecule is CCCCCCCCCCCCOc1cc(C(=O)Nc2ccc(-c3ccc(NC(=O)c4cc(OCCCCCCCCCCCC)c(OCCCCCCCCCCCC)c(OCCCCCCCCCCCC)c4)c(=O)cc3)ccc2=O)cc(OCCCCCCCCCCCC)c1OCCCCCCCCCCCC. The van der Waals surface area contributed by atoms with E-state index in [1.807, 2.05) is 0 Å². The van der Waals surface area contributed by atoms with Crippen LogP contribution in [0.25, 0.3) is 11.1 Å². The first-order chi connectivity index (χ1) is 55.2. The van der Waals surface area contributed by atoms with E-state index in [-0.39, 0.29) is 11.4 Å². The first-order valence-corrected chi connectivity index (χ1v) is 47.2. The van der Waals surface area contributed by atoms with Gasteiger partial charge in [0.15, 0.2) is 23.0 Å². The molecule has 0 aliphatic heterocycles. The number of rotatable bonds is 77. The van der Waals surface area contributed by atoms with Crippen LogP contribution >= 0.6 is 0 Å². The summed E-state index contributed by atoms with van der Waals surface area (Å²) in [6, 6.07) is 20.0. The molecule has 0 radical (unpaired) electrons. The molecule has 4 aromatic carbocycles. The third kappa shape index (κ3) is 47.7. The normalized spacial score (nSPS) is 11.3. The van der Waals surface area contributed by atoms with Crippen molar-refractivity contribution in [2.45, 2.75) is 427 Å². The van der Waals surface area contributed by atoms with Gasteiger partial charge in [0.25, 0.3) is 11.8 Å². The second-order valence-corrected chi connectivity index (χ2v) is 32.5. The highest BCUT2D eigenvalue weighted by atomic mass is 16.5. The van der Waals surface area contributed by atoms with Crippen LogP contribution in [-0.4, -0.2) is 51.5 Å². The van der Waals surface area contributed by atoms with E-state index in [2.05, 4.69) is 52.2 Å². The lowest BCUT2D eigenvalue weighted by molar-refractivity contribution is 0.101. The number of benzene rings is 2. The van der Waals surface area contributed by atoms with E-state index < -0.39 is 22.7 Å². The van der Waals surface area contributed by atoms with Gasteiger partial charge in [-0.1, -0.05) is 413 Å². The molecule has 2 amide bonds. The molecule has 634 valence electrons. The fourth-order valence-corrected chi connectivity index (χ4v) is 14.9. The smallest absolute Gasteiger partial charge is 0.256 e. The van der Waals surface area contributed by atoms with Crippen molar-refractivity contribution in [1.82, 2.24) is 0 Å². The molecule has 0 aromatic heterocycles. The Hall–Kier alpha value is -6.04. The molecule has 0 spiro atoms. The Labute approximate surface area is 684 Å². The molecule has 0 atom stereocenters. The molecule has 0 unspecified atom stereocenters. The second-order valence-electron chi connectivity index (χ2n) is 32.5. The van der Waals surface area contributed by atoms with E-state index in [9.17, 15) is 19.2 Å². The highest BCUT2D eigenvalue weighted by Gasteiger charge is 2.23. The van der Waals surface area contributed by atoms with Crippen molar-refractivity contribution in [1.29, 1.82) is 0 Å². The van der Waals surface area contributed by atoms with E-state index in [0.717, 1.165) is 103 Å². The number of hydrogen-bond acceptors (Lipinski definition) is 10. The predicted molar refractivity (Wildman–Crippen MR) is 477 cm³/mol. The minimum atomic E-state index is -0.479. The molecule has 0 heterocycles. The summed E-state index contributed by atoms with van der Waals surface area (Å²) in [4.78, 5) is 57.4. The first kappa shape index (κ1) is 98.3. The number of amides is 2. The van der Waals surface area contributed by atoms with Crippen LogP contribution in [0, 0.1) is 0 Å². The predicted octanol–water partition coefficient (Wildman–Crippen LogP) is 30.4. The third-order valence-corrected chi connectivity index (χ3v) is 22.1. The lowest BCUT2D eigenvalue weighted by Gasteiger charge is -2.19. The van der Waals surface area contributed by atoms with Crippen molar-refractivity contribution in [2.24, 2.45) is 0 Å². The molecule has 4 aromatic rings. The van der Waals surface area contributed by atoms with Gasteiger partial charge in [-0.2, -0.15) is 0 Å². The van der Waals surface area contributed by atoms with Crippen LogP contribution in [-0.2, 0) is 0 Å². The molecule has 112 heavy (non-hydrogen) atoms. The van der Waals surface area contributed by atoms with E-state index in [1.54, 1.807) is 60.7 Å². The monoisotopic (exact) mass is 1550 g/mol. The number of unbranched alkanes of at least 4 members (excludes halogenated alkanes) is 54. The van der Waals surface area contributed by atoms with E-state index in [4.69, 9.17) is 28.4 Å². The van der Waals surface area contributed by atoms with Crippen molar-refractivity contribution >= 4 is 23.2 Å². The summed E-state index contributed by atoms with van der Waals surface area (Å²) in [5.41, 5.74) is 1.24. The largest absolute Gasteiger partial charge is 0.490 e. The van der Waals surface area contributed by atoms with Gasteiger partial charge in [-0.05, 0) is 98.2 Å². The topological polar surface area (TPSA) is 148 Å². The van der Waals surface area contributed by atoms with Crippen molar-refractivity contribution in [3.63, 3.8) is 0 Å². The van der Waals surface area contributed by atoms with Gasteiger partial charge in [-0.25, -0.2) is 0 Å². The maximum absolute atomic E-state index is 14.7. The Morgan fingerprint density at radius 3 is 0.589 bits per heavy atom. The van der Waals surface area contributed by atoms with Crippen molar-refractivity contribution in [2.75, 3.05) is 50.3 Å². The van der Waals surface area contributed by atoms with Gasteiger partial charge < -0.3 is 39.1 Å². The quantitative estimate of drug-likeness (QED) is 0.0409. The van der Waals surface area contributed by atoms with Crippen LogP contribution in [0.5, 0.6) is 34.5 Å². The Balaban J connectivity index is 1.60. The molecule has 0 saturated carbocycles. The summed E-state index contributed by atoms with van der Waals surface area (Å²) in [5, 5.41) is 5.89. The highest BCUT2D eigenvalue weighted by Crippen LogP contribution is 2.42. The zero-order valence-corrected chi connectivity index (χ0v) is 72.7. The molecular weight excluding hydrogens is 1390 g/mol. The number of carbonyl (C=O) groups excluding carboxylic acids is 2. The summed E-state index contributed by atoms with van der Waals surface area (Å²) in [5.74, 6) is 2.00. The van der Waals surface area contributed by atoms with Gasteiger partial charge in [0, 0.05) is 11.1 Å². The van der Waals surface area contributed by atoms with Crippen LogP contribution < -0.4 is 49.9 Å². The molecular formula is C100H164N2O10. The molecule has 12 nitrogen and oxygen atoms in total. The number of hydrogen-bond donors (Lipinski definition) is 2. The number of nitrogens with one attached hydrogen (secondary N) is 2. The maximum atomic E-state index is 14.7. The van der Waals surface area contributed by atoms with E-state index >= 15 is 0 Å². The average Bonchev–Trinajstić information content (AvgIpc) is 0.899. The van der Waals surface area contributed by atoms with Crippen LogP contribution in [0.1, 0.15) is 448 Å². The summed E-state index contributed by atoms with van der Waals surface area (Å²) in [6.07, 6.45) is 72.8. The van der Waals surface area contributed by atoms with Gasteiger partial charge >= 0.3 is 0 Å². The van der Waals surface area contributed by atoms with E-state index in [0.29, 0.717) is 96.4 Å². The Morgan fingerprint density at radius 1 is 0.223 bits per heavy atom. The molecule has 12 heteroatoms. The summed E-state index contributed by atoms with van der Waals surface area (Å²) in [7, 11) is 0. The van der Waals surface area contributed by atoms with Crippen LogP contribution in [0.3, 0.4) is 0 Å². The van der Waals surface area contributed by atoms with Gasteiger partial charge in [-0.15, -0.1) is 0 Å². The minimum absolute atomic E-state index is 0.0879. The lowest BCUT2D eigenvalue weighted by atomic mass is 10.1. The van der Waals surface area contributed by atoms with Gasteiger partial charge in [-0.3, -0.25) is 19.2 Å². The maximum Gasteiger partial charge on any atom is 0.256 e. The lowest BCUT2D eigenvalue weighted by Crippen LogP contribution is -2.17. The fraction of sp³-hybridized carbons (Fsp3) is 0.720. The number of ether oxygens (including phenoxy) is 6.